The van der Waals surface area contributed by atoms with E-state index in [4.69, 9.17) is 0 Å². The van der Waals surface area contributed by atoms with Crippen molar-refractivity contribution >= 4 is 17.0 Å². The fourth-order valence-electron chi connectivity index (χ4n) is 3.34. The summed E-state index contributed by atoms with van der Waals surface area (Å²) in [6, 6.07) is 17.3. The van der Waals surface area contributed by atoms with Crippen molar-refractivity contribution in [1.82, 2.24) is 9.97 Å². The minimum atomic E-state index is 0.345. The van der Waals surface area contributed by atoms with Gasteiger partial charge in [-0.15, -0.1) is 0 Å². The smallest absolute Gasteiger partial charge is 0.201 e. The number of nitrogens with zero attached hydrogens (tertiary/aromatic N) is 1. The van der Waals surface area contributed by atoms with Crippen molar-refractivity contribution in [1.29, 1.82) is 0 Å². The van der Waals surface area contributed by atoms with E-state index in [2.05, 4.69) is 52.5 Å². The van der Waals surface area contributed by atoms with Crippen molar-refractivity contribution in [2.75, 3.05) is 5.32 Å². The SMILES string of the molecule is C[C@H]1CC[C@@H](Nc2nc3ccccc3[nH]2)c2ccccc21. The fraction of sp³-hybridized carbons (Fsp3) is 0.278. The average Bonchev–Trinajstić information content (AvgIpc) is 2.93. The Morgan fingerprint density at radius 3 is 2.62 bits per heavy atom. The third-order valence-electron chi connectivity index (χ3n) is 4.49. The molecular weight excluding hydrogens is 258 g/mol. The second-order valence-corrected chi connectivity index (χ2v) is 5.91. The summed E-state index contributed by atoms with van der Waals surface area (Å²) in [5.41, 5.74) is 4.98. The average molecular weight is 277 g/mol. The highest BCUT2D eigenvalue weighted by Crippen LogP contribution is 2.38. The Morgan fingerprint density at radius 2 is 1.76 bits per heavy atom. The number of para-hydroxylation sites is 2. The summed E-state index contributed by atoms with van der Waals surface area (Å²) in [6.07, 6.45) is 2.37. The zero-order valence-corrected chi connectivity index (χ0v) is 12.1. The van der Waals surface area contributed by atoms with Crippen molar-refractivity contribution in [2.45, 2.75) is 31.7 Å². The van der Waals surface area contributed by atoms with Gasteiger partial charge in [-0.3, -0.25) is 0 Å². The molecule has 0 bridgehead atoms. The lowest BCUT2D eigenvalue weighted by Gasteiger charge is -2.30. The van der Waals surface area contributed by atoms with Gasteiger partial charge in [-0.25, -0.2) is 4.98 Å². The highest BCUT2D eigenvalue weighted by Gasteiger charge is 2.24. The van der Waals surface area contributed by atoms with Crippen molar-refractivity contribution < 1.29 is 0 Å². The molecule has 1 aliphatic carbocycles. The van der Waals surface area contributed by atoms with E-state index in [9.17, 15) is 0 Å². The largest absolute Gasteiger partial charge is 0.349 e. The number of aromatic amines is 1. The molecule has 0 radical (unpaired) electrons. The Bertz CT molecular complexity index is 742. The van der Waals surface area contributed by atoms with Gasteiger partial charge < -0.3 is 10.3 Å². The monoisotopic (exact) mass is 277 g/mol. The van der Waals surface area contributed by atoms with Gasteiger partial charge in [0.25, 0.3) is 0 Å². The molecular formula is C18H19N3. The van der Waals surface area contributed by atoms with Gasteiger partial charge in [0.2, 0.25) is 5.95 Å². The predicted octanol–water partition coefficient (Wildman–Crippen LogP) is 4.61. The number of H-pyrrole nitrogens is 1. The molecule has 4 rings (SSSR count). The van der Waals surface area contributed by atoms with Gasteiger partial charge in [-0.2, -0.15) is 0 Å². The fourth-order valence-corrected chi connectivity index (χ4v) is 3.34. The third-order valence-corrected chi connectivity index (χ3v) is 4.49. The Balaban J connectivity index is 1.67. The van der Waals surface area contributed by atoms with Crippen LogP contribution < -0.4 is 5.32 Å². The summed E-state index contributed by atoms with van der Waals surface area (Å²) in [5.74, 6) is 1.51. The molecule has 0 aliphatic heterocycles. The zero-order chi connectivity index (χ0) is 14.2. The molecule has 0 saturated heterocycles. The van der Waals surface area contributed by atoms with E-state index in [0.29, 0.717) is 12.0 Å². The molecule has 3 heteroatoms. The number of anilines is 1. The maximum absolute atomic E-state index is 4.63. The molecule has 1 aliphatic rings. The molecule has 106 valence electrons. The molecule has 2 atom stereocenters. The Labute approximate surface area is 124 Å². The molecule has 21 heavy (non-hydrogen) atoms. The Kier molecular flexibility index (Phi) is 2.92. The minimum absolute atomic E-state index is 0.345. The molecule has 1 heterocycles. The van der Waals surface area contributed by atoms with E-state index in [1.807, 2.05) is 18.2 Å². The van der Waals surface area contributed by atoms with Gasteiger partial charge in [0.15, 0.2) is 0 Å². The van der Waals surface area contributed by atoms with Gasteiger partial charge in [-0.05, 0) is 42.0 Å². The van der Waals surface area contributed by atoms with Gasteiger partial charge in [0, 0.05) is 0 Å². The van der Waals surface area contributed by atoms with Gasteiger partial charge in [-0.1, -0.05) is 43.3 Å². The van der Waals surface area contributed by atoms with Crippen LogP contribution in [0.3, 0.4) is 0 Å². The molecule has 3 nitrogen and oxygen atoms in total. The summed E-state index contributed by atoms with van der Waals surface area (Å²) in [4.78, 5) is 7.99. The van der Waals surface area contributed by atoms with Crippen molar-refractivity contribution in [3.63, 3.8) is 0 Å². The third kappa shape index (κ3) is 2.19. The molecule has 1 aromatic heterocycles. The maximum atomic E-state index is 4.63. The first kappa shape index (κ1) is 12.5. The van der Waals surface area contributed by atoms with Crippen molar-refractivity contribution in [3.05, 3.63) is 59.7 Å². The molecule has 0 spiro atoms. The molecule has 0 saturated carbocycles. The number of imidazole rings is 1. The second-order valence-electron chi connectivity index (χ2n) is 5.91. The van der Waals surface area contributed by atoms with E-state index in [1.54, 1.807) is 0 Å². The van der Waals surface area contributed by atoms with Crippen LogP contribution in [-0.4, -0.2) is 9.97 Å². The standard InChI is InChI=1S/C18H19N3/c1-12-10-11-15(14-7-3-2-6-13(12)14)19-18-20-16-8-4-5-9-17(16)21-18/h2-9,12,15H,10-11H2,1H3,(H2,19,20,21)/t12-,15+/m0/s1. The second kappa shape index (κ2) is 4.92. The van der Waals surface area contributed by atoms with Gasteiger partial charge in [0.05, 0.1) is 17.1 Å². The minimum Gasteiger partial charge on any atom is -0.349 e. The van der Waals surface area contributed by atoms with Crippen LogP contribution in [0.5, 0.6) is 0 Å². The highest BCUT2D eigenvalue weighted by atomic mass is 15.1. The first-order valence-corrected chi connectivity index (χ1v) is 7.61. The number of fused-ring (bicyclic) bond motifs is 2. The van der Waals surface area contributed by atoms with Crippen LogP contribution in [-0.2, 0) is 0 Å². The summed E-state index contributed by atoms with van der Waals surface area (Å²) >= 11 is 0. The normalized spacial score (nSPS) is 21.2. The van der Waals surface area contributed by atoms with Crippen LogP contribution in [0.4, 0.5) is 5.95 Å². The lowest BCUT2D eigenvalue weighted by atomic mass is 9.81. The van der Waals surface area contributed by atoms with Crippen molar-refractivity contribution in [2.24, 2.45) is 0 Å². The summed E-state index contributed by atoms with van der Waals surface area (Å²) in [7, 11) is 0. The lowest BCUT2D eigenvalue weighted by molar-refractivity contribution is 0.533. The maximum Gasteiger partial charge on any atom is 0.201 e. The Morgan fingerprint density at radius 1 is 1.00 bits per heavy atom. The molecule has 2 aromatic carbocycles. The van der Waals surface area contributed by atoms with E-state index in [0.717, 1.165) is 23.4 Å². The van der Waals surface area contributed by atoms with Gasteiger partial charge >= 0.3 is 0 Å². The summed E-state index contributed by atoms with van der Waals surface area (Å²) in [6.45, 7) is 2.32. The number of aromatic nitrogens is 2. The van der Waals surface area contributed by atoms with Crippen LogP contribution in [0.2, 0.25) is 0 Å². The molecule has 3 aromatic rings. The van der Waals surface area contributed by atoms with Crippen LogP contribution >= 0.6 is 0 Å². The summed E-state index contributed by atoms with van der Waals surface area (Å²) < 4.78 is 0. The van der Waals surface area contributed by atoms with Gasteiger partial charge in [0.1, 0.15) is 0 Å². The quantitative estimate of drug-likeness (QED) is 0.718. The van der Waals surface area contributed by atoms with Crippen molar-refractivity contribution in [3.8, 4) is 0 Å². The van der Waals surface area contributed by atoms with Crippen LogP contribution in [0.25, 0.3) is 11.0 Å². The van der Waals surface area contributed by atoms with E-state index < -0.39 is 0 Å². The number of nitrogens with one attached hydrogen (secondary N) is 2. The van der Waals surface area contributed by atoms with E-state index in [-0.39, 0.29) is 0 Å². The Hall–Kier alpha value is -2.29. The number of benzene rings is 2. The topological polar surface area (TPSA) is 40.7 Å². The highest BCUT2D eigenvalue weighted by molar-refractivity contribution is 5.77. The summed E-state index contributed by atoms with van der Waals surface area (Å²) in [5, 5.41) is 3.58. The number of rotatable bonds is 2. The van der Waals surface area contributed by atoms with Crippen LogP contribution in [0, 0.1) is 0 Å². The van der Waals surface area contributed by atoms with Crippen LogP contribution in [0.1, 0.15) is 42.9 Å². The first-order chi connectivity index (χ1) is 10.3. The zero-order valence-electron chi connectivity index (χ0n) is 12.1. The van der Waals surface area contributed by atoms with E-state index in [1.165, 1.54) is 17.5 Å². The lowest BCUT2D eigenvalue weighted by Crippen LogP contribution is -2.19. The predicted molar refractivity (Wildman–Crippen MR) is 86.5 cm³/mol. The molecule has 0 unspecified atom stereocenters. The van der Waals surface area contributed by atoms with Crippen LogP contribution in [0.15, 0.2) is 48.5 Å². The van der Waals surface area contributed by atoms with E-state index >= 15 is 0 Å². The molecule has 2 N–H and O–H groups in total. The number of hydrogen-bond acceptors (Lipinski definition) is 2. The first-order valence-electron chi connectivity index (χ1n) is 7.61. The number of hydrogen-bond donors (Lipinski definition) is 2. The molecule has 0 fully saturated rings. The molecule has 0 amide bonds.